The molecule has 4 aromatic rings. The topological polar surface area (TPSA) is 103 Å². The van der Waals surface area contributed by atoms with Crippen LogP contribution in [0.1, 0.15) is 39.0 Å². The van der Waals surface area contributed by atoms with Crippen LogP contribution in [-0.2, 0) is 6.54 Å². The number of carbonyl (C=O) groups excluding carboxylic acids is 1. The molecule has 1 aromatic heterocycles. The second-order valence-corrected chi connectivity index (χ2v) is 8.75. The third-order valence-corrected chi connectivity index (χ3v) is 6.50. The number of anilines is 2. The lowest BCUT2D eigenvalue weighted by atomic mass is 10.0. The molecule has 0 radical (unpaired) electrons. The molecule has 0 bridgehead atoms. The number of fused-ring (bicyclic) bond motifs is 1. The van der Waals surface area contributed by atoms with Gasteiger partial charge in [-0.25, -0.2) is 4.39 Å². The Morgan fingerprint density at radius 1 is 1.11 bits per heavy atom. The van der Waals surface area contributed by atoms with Crippen molar-refractivity contribution in [1.29, 1.82) is 0 Å². The van der Waals surface area contributed by atoms with Gasteiger partial charge in [0, 0.05) is 16.9 Å². The van der Waals surface area contributed by atoms with E-state index in [1.807, 2.05) is 24.3 Å². The maximum atomic E-state index is 13.7. The number of hydrogen-bond acceptors (Lipinski definition) is 6. The molecule has 0 spiro atoms. The molecule has 1 unspecified atom stereocenters. The van der Waals surface area contributed by atoms with Gasteiger partial charge in [0.25, 0.3) is 5.91 Å². The first kappa shape index (κ1) is 24.0. The van der Waals surface area contributed by atoms with Crippen LogP contribution in [0.5, 0.6) is 5.75 Å². The minimum atomic E-state index is -0.604. The highest BCUT2D eigenvalue weighted by molar-refractivity contribution is 6.12. The number of para-hydroxylation sites is 1. The van der Waals surface area contributed by atoms with Crippen LogP contribution in [-0.4, -0.2) is 27.7 Å². The molecule has 1 amide bonds. The van der Waals surface area contributed by atoms with Crippen molar-refractivity contribution < 1.29 is 18.8 Å². The average Bonchev–Trinajstić information content (AvgIpc) is 3.17. The molecule has 0 saturated heterocycles. The molecule has 1 aliphatic heterocycles. The summed E-state index contributed by atoms with van der Waals surface area (Å²) in [6.07, 6.45) is -0.604. The third-order valence-electron chi connectivity index (χ3n) is 6.50. The number of rotatable bonds is 6. The molecule has 5 rings (SSSR count). The number of aromatic nitrogens is 2. The Morgan fingerprint density at radius 2 is 1.84 bits per heavy atom. The van der Waals surface area contributed by atoms with Crippen LogP contribution in [0.3, 0.4) is 0 Å². The number of methoxy groups -OCH3 is 1. The summed E-state index contributed by atoms with van der Waals surface area (Å²) in [7, 11) is 1.55. The van der Waals surface area contributed by atoms with Gasteiger partial charge in [-0.05, 0) is 67.9 Å². The first-order valence-corrected chi connectivity index (χ1v) is 11.6. The van der Waals surface area contributed by atoms with Gasteiger partial charge in [-0.15, -0.1) is 0 Å². The summed E-state index contributed by atoms with van der Waals surface area (Å²) in [5.74, 6) is -0.0452. The van der Waals surface area contributed by atoms with E-state index in [-0.39, 0.29) is 18.1 Å². The van der Waals surface area contributed by atoms with Gasteiger partial charge in [0.1, 0.15) is 29.1 Å². The Bertz CT molecular complexity index is 1520. The first-order valence-electron chi connectivity index (χ1n) is 11.6. The smallest absolute Gasteiger partial charge is 0.312 e. The van der Waals surface area contributed by atoms with Crippen molar-refractivity contribution in [2.24, 2.45) is 0 Å². The molecule has 3 aromatic carbocycles. The van der Waals surface area contributed by atoms with Crippen molar-refractivity contribution in [3.8, 4) is 5.75 Å². The molecule has 9 nitrogen and oxygen atoms in total. The Labute approximate surface area is 212 Å². The van der Waals surface area contributed by atoms with Crippen molar-refractivity contribution in [2.45, 2.75) is 26.6 Å². The van der Waals surface area contributed by atoms with Crippen molar-refractivity contribution in [3.05, 3.63) is 111 Å². The summed E-state index contributed by atoms with van der Waals surface area (Å²) in [6, 6.07) is 18.5. The van der Waals surface area contributed by atoms with Crippen molar-refractivity contribution in [3.63, 3.8) is 0 Å². The second kappa shape index (κ2) is 9.38. The van der Waals surface area contributed by atoms with Crippen LogP contribution in [0.4, 0.5) is 21.5 Å². The predicted molar refractivity (Wildman–Crippen MR) is 136 cm³/mol. The highest BCUT2D eigenvalue weighted by Crippen LogP contribution is 2.38. The van der Waals surface area contributed by atoms with Gasteiger partial charge >= 0.3 is 5.69 Å². The lowest BCUT2D eigenvalue weighted by molar-refractivity contribution is -0.386. The standard InChI is InChI=1S/C27H24FN5O4/c1-16-25(33(35)36)17(2)31(30-16)15-19-14-18(8-13-24(19)37-3)26-29-23-7-5-4-6-22(23)27(34)32(26)21-11-9-20(28)10-12-21/h4-14,26,29H,15H2,1-3H3. The minimum absolute atomic E-state index is 0.0197. The summed E-state index contributed by atoms with van der Waals surface area (Å²) < 4.78 is 20.8. The number of aryl methyl sites for hydroxylation is 1. The van der Waals surface area contributed by atoms with Gasteiger partial charge in [0.05, 0.1) is 24.1 Å². The number of amides is 1. The molecular formula is C27H24FN5O4. The van der Waals surface area contributed by atoms with E-state index < -0.39 is 16.9 Å². The Kier molecular flexibility index (Phi) is 6.08. The van der Waals surface area contributed by atoms with E-state index in [2.05, 4.69) is 10.4 Å². The van der Waals surface area contributed by atoms with Crippen molar-refractivity contribution in [2.75, 3.05) is 17.3 Å². The molecule has 10 heteroatoms. The zero-order valence-electron chi connectivity index (χ0n) is 20.4. The normalized spacial score (nSPS) is 14.8. The first-order chi connectivity index (χ1) is 17.8. The van der Waals surface area contributed by atoms with E-state index in [1.165, 1.54) is 12.1 Å². The number of benzene rings is 3. The van der Waals surface area contributed by atoms with Gasteiger partial charge in [-0.2, -0.15) is 5.10 Å². The molecule has 0 fully saturated rings. The SMILES string of the molecule is COc1ccc(C2Nc3ccccc3C(=O)N2c2ccc(F)cc2)cc1Cn1nc(C)c([N+](=O)[O-])c1C. The lowest BCUT2D eigenvalue weighted by Gasteiger charge is -2.38. The fourth-order valence-corrected chi connectivity index (χ4v) is 4.71. The maximum Gasteiger partial charge on any atom is 0.312 e. The molecule has 2 heterocycles. The maximum absolute atomic E-state index is 13.7. The monoisotopic (exact) mass is 501 g/mol. The summed E-state index contributed by atoms with van der Waals surface area (Å²) in [5, 5.41) is 19.3. The largest absolute Gasteiger partial charge is 0.496 e. The van der Waals surface area contributed by atoms with Gasteiger partial charge in [-0.3, -0.25) is 24.5 Å². The van der Waals surface area contributed by atoms with Crippen LogP contribution < -0.4 is 15.0 Å². The van der Waals surface area contributed by atoms with E-state index in [0.717, 1.165) is 11.1 Å². The molecule has 1 N–H and O–H groups in total. The molecule has 1 atom stereocenters. The Hall–Kier alpha value is -4.73. The molecule has 0 saturated carbocycles. The zero-order valence-corrected chi connectivity index (χ0v) is 20.4. The van der Waals surface area contributed by atoms with Gasteiger partial charge in [0.2, 0.25) is 0 Å². The average molecular weight is 502 g/mol. The van der Waals surface area contributed by atoms with Crippen LogP contribution in [0.25, 0.3) is 0 Å². The number of ether oxygens (including phenoxy) is 1. The summed E-state index contributed by atoms with van der Waals surface area (Å²) >= 11 is 0. The molecular weight excluding hydrogens is 477 g/mol. The summed E-state index contributed by atoms with van der Waals surface area (Å²) in [5.41, 5.74) is 3.94. The van der Waals surface area contributed by atoms with E-state index in [9.17, 15) is 19.3 Å². The molecule has 188 valence electrons. The lowest BCUT2D eigenvalue weighted by Crippen LogP contribution is -2.43. The highest BCUT2D eigenvalue weighted by atomic mass is 19.1. The molecule has 0 aliphatic carbocycles. The fourth-order valence-electron chi connectivity index (χ4n) is 4.71. The number of halogens is 1. The molecule has 1 aliphatic rings. The number of nitrogens with zero attached hydrogens (tertiary/aromatic N) is 4. The third kappa shape index (κ3) is 4.26. The van der Waals surface area contributed by atoms with E-state index in [1.54, 1.807) is 60.9 Å². The Morgan fingerprint density at radius 3 is 2.51 bits per heavy atom. The van der Waals surface area contributed by atoms with Crippen LogP contribution in [0, 0.1) is 29.8 Å². The number of hydrogen-bond donors (Lipinski definition) is 1. The number of nitro groups is 1. The zero-order chi connectivity index (χ0) is 26.3. The van der Waals surface area contributed by atoms with Crippen LogP contribution in [0.2, 0.25) is 0 Å². The van der Waals surface area contributed by atoms with Crippen molar-refractivity contribution >= 4 is 23.0 Å². The van der Waals surface area contributed by atoms with Gasteiger partial charge < -0.3 is 10.1 Å². The Balaban J connectivity index is 1.60. The fraction of sp³-hybridized carbons (Fsp3) is 0.185. The van der Waals surface area contributed by atoms with Gasteiger partial charge in [-0.1, -0.05) is 18.2 Å². The number of nitrogens with one attached hydrogen (secondary N) is 1. The van der Waals surface area contributed by atoms with Crippen LogP contribution in [0.15, 0.2) is 66.7 Å². The van der Waals surface area contributed by atoms with Crippen molar-refractivity contribution in [1.82, 2.24) is 9.78 Å². The van der Waals surface area contributed by atoms with E-state index >= 15 is 0 Å². The van der Waals surface area contributed by atoms with E-state index in [0.29, 0.717) is 34.1 Å². The van der Waals surface area contributed by atoms with Crippen LogP contribution >= 0.6 is 0 Å². The number of carbonyl (C=O) groups is 1. The summed E-state index contributed by atoms with van der Waals surface area (Å²) in [6.45, 7) is 3.49. The minimum Gasteiger partial charge on any atom is -0.496 e. The second-order valence-electron chi connectivity index (χ2n) is 8.75. The quantitative estimate of drug-likeness (QED) is 0.281. The highest BCUT2D eigenvalue weighted by Gasteiger charge is 2.34. The summed E-state index contributed by atoms with van der Waals surface area (Å²) in [4.78, 5) is 26.2. The van der Waals surface area contributed by atoms with Gasteiger partial charge in [0.15, 0.2) is 0 Å². The predicted octanol–water partition coefficient (Wildman–Crippen LogP) is 5.38. The molecule has 37 heavy (non-hydrogen) atoms. The van der Waals surface area contributed by atoms with E-state index in [4.69, 9.17) is 4.74 Å².